The van der Waals surface area contributed by atoms with Crippen LogP contribution in [-0.2, 0) is 29.4 Å². The summed E-state index contributed by atoms with van der Waals surface area (Å²) in [6, 6.07) is 6.14. The third-order valence-electron chi connectivity index (χ3n) is 9.97. The first kappa shape index (κ1) is 31.9. The molecule has 4 aliphatic rings. The smallest absolute Gasteiger partial charge is 0.242 e. The highest BCUT2D eigenvalue weighted by Gasteiger charge is 2.31. The van der Waals surface area contributed by atoms with Gasteiger partial charge in [0.1, 0.15) is 29.4 Å². The molecule has 2 aliphatic carbocycles. The average molecular weight is 633 g/mol. The van der Waals surface area contributed by atoms with E-state index in [1.807, 2.05) is 12.1 Å². The topological polar surface area (TPSA) is 112 Å². The van der Waals surface area contributed by atoms with Gasteiger partial charge >= 0.3 is 0 Å². The van der Waals surface area contributed by atoms with Crippen molar-refractivity contribution in [2.24, 2.45) is 17.3 Å². The van der Waals surface area contributed by atoms with Crippen molar-refractivity contribution in [1.82, 2.24) is 19.6 Å². The SMILES string of the molecule is CC1C=C(c2ccc3c(c2)CN(c2ncnc4c2CC(C)(C)CC4)CCO3)/C=C(/S(=O)(=O)NCC2CCN(C)CC2)C(=N)CC1. The third-order valence-corrected chi connectivity index (χ3v) is 11.5. The zero-order chi connectivity index (χ0) is 31.8. The zero-order valence-electron chi connectivity index (χ0n) is 27.2. The van der Waals surface area contributed by atoms with Gasteiger partial charge in [0.05, 0.1) is 12.3 Å². The molecule has 6 rings (SSSR count). The Balaban J connectivity index is 1.29. The summed E-state index contributed by atoms with van der Waals surface area (Å²) in [7, 11) is -1.74. The molecule has 0 amide bonds. The predicted molar refractivity (Wildman–Crippen MR) is 180 cm³/mol. The van der Waals surface area contributed by atoms with Gasteiger partial charge in [0.25, 0.3) is 0 Å². The van der Waals surface area contributed by atoms with Crippen molar-refractivity contribution in [3.63, 3.8) is 0 Å². The summed E-state index contributed by atoms with van der Waals surface area (Å²) in [5, 5.41) is 8.78. The minimum atomic E-state index is -3.84. The molecule has 3 heterocycles. The number of benzene rings is 1. The minimum absolute atomic E-state index is 0.0802. The van der Waals surface area contributed by atoms with Crippen molar-refractivity contribution in [2.45, 2.75) is 72.3 Å². The van der Waals surface area contributed by atoms with Crippen LogP contribution in [0.3, 0.4) is 0 Å². The van der Waals surface area contributed by atoms with Gasteiger partial charge < -0.3 is 19.9 Å². The minimum Gasteiger partial charge on any atom is -0.491 e. The van der Waals surface area contributed by atoms with E-state index in [4.69, 9.17) is 15.1 Å². The lowest BCUT2D eigenvalue weighted by molar-refractivity contribution is 0.221. The Bertz CT molecular complexity index is 1610. The molecule has 0 radical (unpaired) electrons. The lowest BCUT2D eigenvalue weighted by Gasteiger charge is -2.33. The Hall–Kier alpha value is -3.08. The molecule has 45 heavy (non-hydrogen) atoms. The van der Waals surface area contributed by atoms with E-state index in [1.165, 1.54) is 5.56 Å². The normalized spacial score (nSPS) is 24.2. The number of allylic oxidation sites excluding steroid dienone is 4. The Morgan fingerprint density at radius 1 is 1.11 bits per heavy atom. The number of nitrogens with one attached hydrogen (secondary N) is 2. The van der Waals surface area contributed by atoms with Crippen LogP contribution in [0.25, 0.3) is 5.57 Å². The highest BCUT2D eigenvalue weighted by molar-refractivity contribution is 7.94. The van der Waals surface area contributed by atoms with E-state index in [0.717, 1.165) is 92.1 Å². The van der Waals surface area contributed by atoms with E-state index in [2.05, 4.69) is 59.5 Å². The molecule has 9 nitrogen and oxygen atoms in total. The second-order valence-corrected chi connectivity index (χ2v) is 16.0. The highest BCUT2D eigenvalue weighted by atomic mass is 32.2. The second-order valence-electron chi connectivity index (χ2n) is 14.3. The fourth-order valence-electron chi connectivity index (χ4n) is 7.04. The molecule has 242 valence electrons. The molecule has 1 aromatic heterocycles. The summed E-state index contributed by atoms with van der Waals surface area (Å²) in [6.45, 7) is 11.0. The number of sulfonamides is 1. The fraction of sp³-hybridized carbons (Fsp3) is 0.571. The predicted octanol–water partition coefficient (Wildman–Crippen LogP) is 5.37. The van der Waals surface area contributed by atoms with Crippen molar-refractivity contribution in [3.8, 4) is 5.75 Å². The van der Waals surface area contributed by atoms with E-state index < -0.39 is 10.0 Å². The van der Waals surface area contributed by atoms with Gasteiger partial charge in [-0.15, -0.1) is 0 Å². The van der Waals surface area contributed by atoms with Gasteiger partial charge in [-0.2, -0.15) is 0 Å². The van der Waals surface area contributed by atoms with Gasteiger partial charge in [-0.25, -0.2) is 23.1 Å². The number of likely N-dealkylation sites (tertiary alicyclic amines) is 1. The maximum absolute atomic E-state index is 13.7. The molecule has 2 aliphatic heterocycles. The van der Waals surface area contributed by atoms with Gasteiger partial charge in [-0.3, -0.25) is 0 Å². The summed E-state index contributed by atoms with van der Waals surface area (Å²) >= 11 is 0. The van der Waals surface area contributed by atoms with Crippen LogP contribution in [0.15, 0.2) is 41.6 Å². The number of nitrogens with zero attached hydrogens (tertiary/aromatic N) is 4. The monoisotopic (exact) mass is 632 g/mol. The maximum atomic E-state index is 13.7. The molecule has 1 atom stereocenters. The zero-order valence-corrected chi connectivity index (χ0v) is 28.0. The molecule has 1 unspecified atom stereocenters. The van der Waals surface area contributed by atoms with Crippen LogP contribution in [0, 0.1) is 22.7 Å². The van der Waals surface area contributed by atoms with Gasteiger partial charge in [0.15, 0.2) is 0 Å². The van der Waals surface area contributed by atoms with Crippen LogP contribution in [0.4, 0.5) is 5.82 Å². The van der Waals surface area contributed by atoms with Crippen LogP contribution in [0.2, 0.25) is 0 Å². The van der Waals surface area contributed by atoms with Crippen LogP contribution in [0.5, 0.6) is 5.75 Å². The standard InChI is InChI=1S/C35H48N6O3S/c1-24-5-7-30(36)33(45(42,43)39-21-25-10-13-40(4)14-11-25)19-27(17-24)26-6-8-32-28(18-26)22-41(15-16-44-32)34-29-20-35(2,3)12-9-31(29)37-23-38-34/h6,8,17-19,23-25,36,39H,5,7,9-16,20-22H2,1-4H3/b27-17?,33-19+,36-30?. The molecule has 1 saturated heterocycles. The van der Waals surface area contributed by atoms with Crippen LogP contribution in [0.1, 0.15) is 75.3 Å². The van der Waals surface area contributed by atoms with Crippen LogP contribution < -0.4 is 14.4 Å². The average Bonchev–Trinajstić information content (AvgIpc) is 3.22. The van der Waals surface area contributed by atoms with Crippen molar-refractivity contribution in [1.29, 1.82) is 5.41 Å². The van der Waals surface area contributed by atoms with E-state index >= 15 is 0 Å². The Labute approximate surface area is 268 Å². The maximum Gasteiger partial charge on any atom is 0.242 e. The summed E-state index contributed by atoms with van der Waals surface area (Å²) in [5.74, 6) is 2.35. The van der Waals surface area contributed by atoms with Crippen LogP contribution >= 0.6 is 0 Å². The highest BCUT2D eigenvalue weighted by Crippen LogP contribution is 2.39. The lowest BCUT2D eigenvalue weighted by atomic mass is 9.76. The number of aromatic nitrogens is 2. The first-order valence-corrected chi connectivity index (χ1v) is 18.0. The van der Waals surface area contributed by atoms with E-state index in [9.17, 15) is 8.42 Å². The van der Waals surface area contributed by atoms with E-state index in [-0.39, 0.29) is 21.9 Å². The van der Waals surface area contributed by atoms with Gasteiger partial charge in [0, 0.05) is 29.9 Å². The number of rotatable bonds is 6. The number of anilines is 1. The van der Waals surface area contributed by atoms with Crippen molar-refractivity contribution in [2.75, 3.05) is 44.7 Å². The number of hydrogen-bond donors (Lipinski definition) is 2. The molecule has 0 bridgehead atoms. The first-order chi connectivity index (χ1) is 21.5. The number of aryl methyl sites for hydroxylation is 1. The number of ether oxygens (including phenoxy) is 1. The van der Waals surface area contributed by atoms with E-state index in [0.29, 0.717) is 32.0 Å². The number of fused-ring (bicyclic) bond motifs is 2. The van der Waals surface area contributed by atoms with Crippen LogP contribution in [-0.4, -0.2) is 68.8 Å². The van der Waals surface area contributed by atoms with E-state index in [1.54, 1.807) is 12.4 Å². The lowest BCUT2D eigenvalue weighted by Crippen LogP contribution is -2.38. The molecular formula is C35H48N6O3S. The quantitative estimate of drug-likeness (QED) is 0.441. The van der Waals surface area contributed by atoms with Crippen molar-refractivity contribution >= 4 is 27.1 Å². The summed E-state index contributed by atoms with van der Waals surface area (Å²) in [5.41, 5.74) is 5.56. The molecule has 1 fully saturated rings. The van der Waals surface area contributed by atoms with Gasteiger partial charge in [0.2, 0.25) is 10.0 Å². The van der Waals surface area contributed by atoms with Crippen molar-refractivity contribution in [3.05, 3.63) is 64.0 Å². The molecule has 10 heteroatoms. The van der Waals surface area contributed by atoms with Gasteiger partial charge in [-0.1, -0.05) is 32.9 Å². The summed E-state index contributed by atoms with van der Waals surface area (Å²) < 4.78 is 36.4. The second kappa shape index (κ2) is 13.0. The Morgan fingerprint density at radius 3 is 2.71 bits per heavy atom. The summed E-state index contributed by atoms with van der Waals surface area (Å²) in [4.78, 5) is 14.1. The third kappa shape index (κ3) is 7.34. The molecule has 0 spiro atoms. The molecular weight excluding hydrogens is 584 g/mol. The Morgan fingerprint density at radius 2 is 1.91 bits per heavy atom. The number of hydrogen-bond acceptors (Lipinski definition) is 8. The van der Waals surface area contributed by atoms with Gasteiger partial charge in [-0.05, 0) is 112 Å². The molecule has 2 aromatic rings. The first-order valence-electron chi connectivity index (χ1n) is 16.5. The Kier molecular flexibility index (Phi) is 9.19. The van der Waals surface area contributed by atoms with Crippen molar-refractivity contribution < 1.29 is 13.2 Å². The molecule has 1 aromatic carbocycles. The number of piperidine rings is 1. The fourth-order valence-corrected chi connectivity index (χ4v) is 8.36. The largest absolute Gasteiger partial charge is 0.491 e. The summed E-state index contributed by atoms with van der Waals surface area (Å²) in [6.07, 6.45) is 11.7. The molecule has 0 saturated carbocycles. The molecule has 2 N–H and O–H groups in total.